The number of hydrogen-bond acceptors (Lipinski definition) is 2. The zero-order valence-corrected chi connectivity index (χ0v) is 13.6. The number of carboxylic acid groups (broad SMARTS) is 1. The van der Waals surface area contributed by atoms with Crippen LogP contribution in [0.2, 0.25) is 0 Å². The number of carbonyl (C=O) groups is 2. The van der Waals surface area contributed by atoms with Crippen molar-refractivity contribution >= 4 is 11.9 Å². The fraction of sp³-hybridized carbons (Fsp3) is 0.765. The molecule has 1 saturated carbocycles. The maximum Gasteiger partial charge on any atom is 0.352 e. The number of allylic oxidation sites excluding steroid dienone is 1. The highest BCUT2D eigenvalue weighted by Crippen LogP contribution is 2.51. The van der Waals surface area contributed by atoms with Crippen LogP contribution < -0.4 is 5.32 Å². The molecule has 0 spiro atoms. The second-order valence-corrected chi connectivity index (χ2v) is 6.71. The Morgan fingerprint density at radius 3 is 2.29 bits per heavy atom. The van der Waals surface area contributed by atoms with Gasteiger partial charge < -0.3 is 10.4 Å². The summed E-state index contributed by atoms with van der Waals surface area (Å²) < 4.78 is 0. The highest BCUT2D eigenvalue weighted by Gasteiger charge is 2.50. The van der Waals surface area contributed by atoms with Crippen LogP contribution in [0.3, 0.4) is 0 Å². The van der Waals surface area contributed by atoms with Gasteiger partial charge in [-0.25, -0.2) is 4.79 Å². The molecule has 0 bridgehead atoms. The number of hydrogen-bond donors (Lipinski definition) is 2. The van der Waals surface area contributed by atoms with Crippen molar-refractivity contribution in [2.24, 2.45) is 11.3 Å². The van der Waals surface area contributed by atoms with Crippen LogP contribution in [0.1, 0.15) is 72.1 Å². The molecule has 4 nitrogen and oxygen atoms in total. The van der Waals surface area contributed by atoms with Gasteiger partial charge in [0, 0.05) is 5.92 Å². The van der Waals surface area contributed by atoms with Gasteiger partial charge in [0.1, 0.15) is 5.70 Å². The Morgan fingerprint density at radius 2 is 1.76 bits per heavy atom. The molecule has 0 aromatic rings. The topological polar surface area (TPSA) is 66.4 Å². The summed E-state index contributed by atoms with van der Waals surface area (Å²) in [7, 11) is 0. The lowest BCUT2D eigenvalue weighted by atomic mass is 10.1. The second-order valence-electron chi connectivity index (χ2n) is 6.71. The van der Waals surface area contributed by atoms with Gasteiger partial charge in [-0.15, -0.1) is 0 Å². The van der Waals surface area contributed by atoms with Gasteiger partial charge in [0.25, 0.3) is 0 Å². The standard InChI is InChI=1S/C17H29NO3/c1-4-5-6-7-8-9-10-11-14(16(20)21)18-15(19)13-12-17(13,2)3/h11,13H,4-10,12H2,1-3H3,(H,18,19)(H,20,21)/b14-11-. The lowest BCUT2D eigenvalue weighted by Gasteiger charge is -2.07. The quantitative estimate of drug-likeness (QED) is 0.475. The molecular formula is C17H29NO3. The van der Waals surface area contributed by atoms with E-state index in [1.807, 2.05) is 13.8 Å². The second kappa shape index (κ2) is 8.20. The summed E-state index contributed by atoms with van der Waals surface area (Å²) in [5.41, 5.74) is 0.0590. The monoisotopic (exact) mass is 295 g/mol. The molecule has 1 amide bonds. The fourth-order valence-electron chi connectivity index (χ4n) is 2.50. The van der Waals surface area contributed by atoms with E-state index in [1.165, 1.54) is 25.7 Å². The molecule has 4 heteroatoms. The Balaban J connectivity index is 2.31. The number of carboxylic acids is 1. The highest BCUT2D eigenvalue weighted by molar-refractivity contribution is 5.94. The van der Waals surface area contributed by atoms with Crippen LogP contribution in [-0.4, -0.2) is 17.0 Å². The van der Waals surface area contributed by atoms with Crippen molar-refractivity contribution in [3.63, 3.8) is 0 Å². The third-order valence-electron chi connectivity index (χ3n) is 4.22. The van der Waals surface area contributed by atoms with E-state index in [-0.39, 0.29) is 22.9 Å². The van der Waals surface area contributed by atoms with Gasteiger partial charge in [0.2, 0.25) is 5.91 Å². The fourth-order valence-corrected chi connectivity index (χ4v) is 2.50. The summed E-state index contributed by atoms with van der Waals surface area (Å²) in [6, 6.07) is 0. The molecule has 1 aliphatic carbocycles. The van der Waals surface area contributed by atoms with Gasteiger partial charge in [-0.2, -0.15) is 0 Å². The van der Waals surface area contributed by atoms with Crippen molar-refractivity contribution < 1.29 is 14.7 Å². The number of aliphatic carboxylic acids is 1. The molecule has 1 unspecified atom stereocenters. The van der Waals surface area contributed by atoms with Crippen molar-refractivity contribution in [1.82, 2.24) is 5.32 Å². The number of unbranched alkanes of at least 4 members (excludes halogenated alkanes) is 6. The maximum atomic E-state index is 11.9. The molecule has 21 heavy (non-hydrogen) atoms. The number of rotatable bonds is 10. The molecule has 0 aliphatic heterocycles. The SMILES string of the molecule is CCCCCCCC/C=C(\NC(=O)C1CC1(C)C)C(=O)O. The first-order valence-electron chi connectivity index (χ1n) is 8.13. The minimum Gasteiger partial charge on any atom is -0.477 e. The summed E-state index contributed by atoms with van der Waals surface area (Å²) in [4.78, 5) is 23.1. The molecule has 0 heterocycles. The van der Waals surface area contributed by atoms with Crippen LogP contribution in [0.4, 0.5) is 0 Å². The zero-order valence-electron chi connectivity index (χ0n) is 13.6. The van der Waals surface area contributed by atoms with Crippen molar-refractivity contribution in [1.29, 1.82) is 0 Å². The van der Waals surface area contributed by atoms with Crippen molar-refractivity contribution in [2.75, 3.05) is 0 Å². The molecule has 1 fully saturated rings. The predicted octanol–water partition coefficient (Wildman–Crippen LogP) is 3.87. The van der Waals surface area contributed by atoms with Crippen LogP contribution in [0, 0.1) is 11.3 Å². The summed E-state index contributed by atoms with van der Waals surface area (Å²) in [6.07, 6.45) is 10.2. The molecule has 1 rings (SSSR count). The van der Waals surface area contributed by atoms with Gasteiger partial charge >= 0.3 is 5.97 Å². The Hall–Kier alpha value is -1.32. The summed E-state index contributed by atoms with van der Waals surface area (Å²) >= 11 is 0. The van der Waals surface area contributed by atoms with Crippen LogP contribution in [-0.2, 0) is 9.59 Å². The predicted molar refractivity (Wildman–Crippen MR) is 83.7 cm³/mol. The Bertz CT molecular complexity index is 399. The van der Waals surface area contributed by atoms with E-state index in [9.17, 15) is 9.59 Å². The number of amides is 1. The highest BCUT2D eigenvalue weighted by atomic mass is 16.4. The molecule has 0 saturated heterocycles. The van der Waals surface area contributed by atoms with Crippen molar-refractivity contribution in [2.45, 2.75) is 72.1 Å². The van der Waals surface area contributed by atoms with Gasteiger partial charge in [0.15, 0.2) is 0 Å². The van der Waals surface area contributed by atoms with Crippen molar-refractivity contribution in [3.05, 3.63) is 11.8 Å². The average Bonchev–Trinajstić information content (AvgIpc) is 3.05. The molecule has 1 atom stereocenters. The van der Waals surface area contributed by atoms with E-state index in [1.54, 1.807) is 6.08 Å². The van der Waals surface area contributed by atoms with E-state index in [0.717, 1.165) is 19.3 Å². The third kappa shape index (κ3) is 6.32. The molecule has 2 N–H and O–H groups in total. The van der Waals surface area contributed by atoms with E-state index in [2.05, 4.69) is 12.2 Å². The molecule has 0 aromatic heterocycles. The van der Waals surface area contributed by atoms with Crippen LogP contribution in [0.15, 0.2) is 11.8 Å². The normalized spacial score (nSPS) is 20.1. The van der Waals surface area contributed by atoms with Crippen LogP contribution in [0.25, 0.3) is 0 Å². The van der Waals surface area contributed by atoms with E-state index in [4.69, 9.17) is 5.11 Å². The van der Waals surface area contributed by atoms with Gasteiger partial charge in [-0.3, -0.25) is 4.79 Å². The van der Waals surface area contributed by atoms with E-state index in [0.29, 0.717) is 6.42 Å². The first kappa shape index (κ1) is 17.7. The smallest absolute Gasteiger partial charge is 0.352 e. The van der Waals surface area contributed by atoms with E-state index >= 15 is 0 Å². The largest absolute Gasteiger partial charge is 0.477 e. The van der Waals surface area contributed by atoms with Crippen LogP contribution >= 0.6 is 0 Å². The molecule has 120 valence electrons. The third-order valence-corrected chi connectivity index (χ3v) is 4.22. The Morgan fingerprint density at radius 1 is 1.19 bits per heavy atom. The Labute approximate surface area is 128 Å². The van der Waals surface area contributed by atoms with Gasteiger partial charge in [-0.1, -0.05) is 59.0 Å². The van der Waals surface area contributed by atoms with E-state index < -0.39 is 5.97 Å². The first-order chi connectivity index (χ1) is 9.88. The van der Waals surface area contributed by atoms with Gasteiger partial charge in [-0.05, 0) is 24.7 Å². The lowest BCUT2D eigenvalue weighted by Crippen LogP contribution is -2.29. The molecule has 1 aliphatic rings. The Kier molecular flexibility index (Phi) is 6.93. The maximum absolute atomic E-state index is 11.9. The average molecular weight is 295 g/mol. The summed E-state index contributed by atoms with van der Waals surface area (Å²) in [5.74, 6) is -1.25. The minimum absolute atomic E-state index is 0.0208. The number of carbonyl (C=O) groups excluding carboxylic acids is 1. The van der Waals surface area contributed by atoms with Gasteiger partial charge in [0.05, 0.1) is 0 Å². The minimum atomic E-state index is -1.05. The van der Waals surface area contributed by atoms with Crippen molar-refractivity contribution in [3.8, 4) is 0 Å². The first-order valence-corrected chi connectivity index (χ1v) is 8.13. The number of nitrogens with one attached hydrogen (secondary N) is 1. The van der Waals surface area contributed by atoms with Crippen LogP contribution in [0.5, 0.6) is 0 Å². The molecule has 0 radical (unpaired) electrons. The summed E-state index contributed by atoms with van der Waals surface area (Å²) in [5, 5.41) is 11.7. The zero-order chi connectivity index (χ0) is 15.9. The lowest BCUT2D eigenvalue weighted by molar-refractivity contribution is -0.135. The molecular weight excluding hydrogens is 266 g/mol. The molecule has 0 aromatic carbocycles. The summed E-state index contributed by atoms with van der Waals surface area (Å²) in [6.45, 7) is 6.24.